The first kappa shape index (κ1) is 14.7. The van der Waals surface area contributed by atoms with Gasteiger partial charge in [0.1, 0.15) is 0 Å². The number of aliphatic hydroxyl groups excluding tert-OH is 1. The number of hydrogen-bond donors (Lipinski definition) is 1. The van der Waals surface area contributed by atoms with Gasteiger partial charge in [-0.15, -0.1) is 11.6 Å². The molecule has 5 nitrogen and oxygen atoms in total. The zero-order valence-electron chi connectivity index (χ0n) is 9.94. The molecule has 1 rings (SSSR count). The number of nitrogens with zero attached hydrogens (tertiary/aromatic N) is 1. The SMILES string of the molecule is O=C1CC(Cl)CN1CCCOCCOCCO. The third kappa shape index (κ3) is 6.21. The van der Waals surface area contributed by atoms with Gasteiger partial charge >= 0.3 is 0 Å². The van der Waals surface area contributed by atoms with Gasteiger partial charge in [-0.1, -0.05) is 0 Å². The summed E-state index contributed by atoms with van der Waals surface area (Å²) in [7, 11) is 0. The van der Waals surface area contributed by atoms with Gasteiger partial charge in [0.15, 0.2) is 0 Å². The van der Waals surface area contributed by atoms with E-state index in [2.05, 4.69) is 0 Å². The largest absolute Gasteiger partial charge is 0.394 e. The molecule has 1 saturated heterocycles. The van der Waals surface area contributed by atoms with Crippen LogP contribution in [-0.4, -0.2) is 67.4 Å². The topological polar surface area (TPSA) is 59.0 Å². The molecule has 0 saturated carbocycles. The lowest BCUT2D eigenvalue weighted by atomic mass is 10.4. The normalized spacial score (nSPS) is 20.2. The Bertz CT molecular complexity index is 228. The van der Waals surface area contributed by atoms with Crippen LogP contribution in [0.4, 0.5) is 0 Å². The van der Waals surface area contributed by atoms with Gasteiger partial charge in [-0.2, -0.15) is 0 Å². The second-order valence-electron chi connectivity index (χ2n) is 3.94. The molecule has 0 aromatic heterocycles. The average molecular weight is 266 g/mol. The molecular formula is C11H20ClNO4. The van der Waals surface area contributed by atoms with Crippen LogP contribution in [0, 0.1) is 0 Å². The summed E-state index contributed by atoms with van der Waals surface area (Å²) in [4.78, 5) is 13.2. The molecule has 0 bridgehead atoms. The molecule has 1 aliphatic rings. The number of aliphatic hydroxyl groups is 1. The Morgan fingerprint density at radius 1 is 1.29 bits per heavy atom. The molecular weight excluding hydrogens is 246 g/mol. The van der Waals surface area contributed by atoms with Gasteiger partial charge in [-0.25, -0.2) is 0 Å². The van der Waals surface area contributed by atoms with E-state index in [0.29, 0.717) is 45.9 Å². The van der Waals surface area contributed by atoms with Crippen LogP contribution in [0.2, 0.25) is 0 Å². The van der Waals surface area contributed by atoms with Gasteiger partial charge in [0, 0.05) is 26.1 Å². The number of hydrogen-bond acceptors (Lipinski definition) is 4. The third-order valence-electron chi connectivity index (χ3n) is 2.49. The Balaban J connectivity index is 1.89. The van der Waals surface area contributed by atoms with Gasteiger partial charge in [-0.3, -0.25) is 4.79 Å². The first-order valence-electron chi connectivity index (χ1n) is 5.92. The molecule has 6 heteroatoms. The number of alkyl halides is 1. The monoisotopic (exact) mass is 265 g/mol. The summed E-state index contributed by atoms with van der Waals surface area (Å²) in [6.45, 7) is 3.37. The average Bonchev–Trinajstić information content (AvgIpc) is 2.61. The standard InChI is InChI=1S/C11H20ClNO4/c12-10-8-11(15)13(9-10)2-1-4-16-6-7-17-5-3-14/h10,14H,1-9H2. The molecule has 1 unspecified atom stereocenters. The fraction of sp³-hybridized carbons (Fsp3) is 0.909. The van der Waals surface area contributed by atoms with Crippen LogP contribution in [0.5, 0.6) is 0 Å². The molecule has 0 radical (unpaired) electrons. The van der Waals surface area contributed by atoms with E-state index in [1.807, 2.05) is 0 Å². The van der Waals surface area contributed by atoms with Gasteiger partial charge in [0.05, 0.1) is 31.8 Å². The highest BCUT2D eigenvalue weighted by molar-refractivity contribution is 6.22. The molecule has 100 valence electrons. The molecule has 0 aromatic carbocycles. The van der Waals surface area contributed by atoms with E-state index in [9.17, 15) is 4.79 Å². The number of carbonyl (C=O) groups excluding carboxylic acids is 1. The minimum Gasteiger partial charge on any atom is -0.394 e. The number of likely N-dealkylation sites (tertiary alicyclic amines) is 1. The number of carbonyl (C=O) groups is 1. The number of ether oxygens (including phenoxy) is 2. The number of amides is 1. The molecule has 17 heavy (non-hydrogen) atoms. The summed E-state index contributed by atoms with van der Waals surface area (Å²) < 4.78 is 10.4. The maximum atomic E-state index is 11.4. The third-order valence-corrected chi connectivity index (χ3v) is 2.78. The minimum absolute atomic E-state index is 0.0321. The second kappa shape index (κ2) is 8.69. The van der Waals surface area contributed by atoms with Gasteiger partial charge in [-0.05, 0) is 6.42 Å². The van der Waals surface area contributed by atoms with Crippen LogP contribution in [0.1, 0.15) is 12.8 Å². The molecule has 1 amide bonds. The van der Waals surface area contributed by atoms with Crippen LogP contribution < -0.4 is 0 Å². The van der Waals surface area contributed by atoms with E-state index in [1.54, 1.807) is 4.90 Å². The lowest BCUT2D eigenvalue weighted by Crippen LogP contribution is -2.27. The minimum atomic E-state index is -0.0321. The first-order valence-corrected chi connectivity index (χ1v) is 6.36. The molecule has 1 N–H and O–H groups in total. The van der Waals surface area contributed by atoms with E-state index in [1.165, 1.54) is 0 Å². The smallest absolute Gasteiger partial charge is 0.224 e. The molecule has 0 aromatic rings. The second-order valence-corrected chi connectivity index (χ2v) is 4.56. The molecule has 1 heterocycles. The molecule has 1 fully saturated rings. The van der Waals surface area contributed by atoms with Crippen molar-refractivity contribution in [3.63, 3.8) is 0 Å². The van der Waals surface area contributed by atoms with Crippen LogP contribution >= 0.6 is 11.6 Å². The highest BCUT2D eigenvalue weighted by Gasteiger charge is 2.27. The van der Waals surface area contributed by atoms with Crippen LogP contribution in [0.3, 0.4) is 0 Å². The van der Waals surface area contributed by atoms with Crippen molar-refractivity contribution in [1.82, 2.24) is 4.90 Å². The maximum Gasteiger partial charge on any atom is 0.224 e. The van der Waals surface area contributed by atoms with Gasteiger partial charge in [0.25, 0.3) is 0 Å². The van der Waals surface area contributed by atoms with Crippen LogP contribution in [0.15, 0.2) is 0 Å². The van der Waals surface area contributed by atoms with Crippen molar-refractivity contribution >= 4 is 17.5 Å². The Kier molecular flexibility index (Phi) is 7.51. The fourth-order valence-electron chi connectivity index (χ4n) is 1.68. The molecule has 0 aliphatic carbocycles. The number of halogens is 1. The Labute approximate surface area is 107 Å². The van der Waals surface area contributed by atoms with E-state index in [-0.39, 0.29) is 17.9 Å². The predicted molar refractivity (Wildman–Crippen MR) is 64.2 cm³/mol. The van der Waals surface area contributed by atoms with Crippen LogP contribution in [-0.2, 0) is 14.3 Å². The van der Waals surface area contributed by atoms with Crippen molar-refractivity contribution in [1.29, 1.82) is 0 Å². The first-order chi connectivity index (χ1) is 8.24. The predicted octanol–water partition coefficient (Wildman–Crippen LogP) is 0.242. The van der Waals surface area contributed by atoms with Crippen molar-refractivity contribution in [2.24, 2.45) is 0 Å². The van der Waals surface area contributed by atoms with Crippen molar-refractivity contribution in [2.75, 3.05) is 46.1 Å². The maximum absolute atomic E-state index is 11.4. The lowest BCUT2D eigenvalue weighted by molar-refractivity contribution is -0.127. The van der Waals surface area contributed by atoms with Gasteiger partial charge < -0.3 is 19.5 Å². The lowest BCUT2D eigenvalue weighted by Gasteiger charge is -2.15. The quantitative estimate of drug-likeness (QED) is 0.479. The van der Waals surface area contributed by atoms with E-state index >= 15 is 0 Å². The molecule has 0 spiro atoms. The zero-order valence-corrected chi connectivity index (χ0v) is 10.7. The van der Waals surface area contributed by atoms with Crippen molar-refractivity contribution in [2.45, 2.75) is 18.2 Å². The Hall–Kier alpha value is -0.360. The van der Waals surface area contributed by atoms with E-state index in [4.69, 9.17) is 26.2 Å². The molecule has 1 aliphatic heterocycles. The summed E-state index contributed by atoms with van der Waals surface area (Å²) in [5.74, 6) is 0.135. The van der Waals surface area contributed by atoms with Crippen LogP contribution in [0.25, 0.3) is 0 Å². The number of rotatable bonds is 9. The van der Waals surface area contributed by atoms with E-state index < -0.39 is 0 Å². The Morgan fingerprint density at radius 3 is 2.59 bits per heavy atom. The molecule has 1 atom stereocenters. The summed E-state index contributed by atoms with van der Waals surface area (Å²) >= 11 is 5.88. The summed E-state index contributed by atoms with van der Waals surface area (Å²) in [6, 6.07) is 0. The van der Waals surface area contributed by atoms with Crippen molar-refractivity contribution < 1.29 is 19.4 Å². The summed E-state index contributed by atoms with van der Waals surface area (Å²) in [6.07, 6.45) is 1.27. The summed E-state index contributed by atoms with van der Waals surface area (Å²) in [5, 5.41) is 8.43. The highest BCUT2D eigenvalue weighted by Crippen LogP contribution is 2.16. The Morgan fingerprint density at radius 2 is 2.00 bits per heavy atom. The zero-order chi connectivity index (χ0) is 12.5. The van der Waals surface area contributed by atoms with Crippen molar-refractivity contribution in [3.8, 4) is 0 Å². The fourth-order valence-corrected chi connectivity index (χ4v) is 1.98. The highest BCUT2D eigenvalue weighted by atomic mass is 35.5. The summed E-state index contributed by atoms with van der Waals surface area (Å²) in [5.41, 5.74) is 0. The van der Waals surface area contributed by atoms with Crippen molar-refractivity contribution in [3.05, 3.63) is 0 Å². The van der Waals surface area contributed by atoms with E-state index in [0.717, 1.165) is 6.42 Å². The van der Waals surface area contributed by atoms with Gasteiger partial charge in [0.2, 0.25) is 5.91 Å².